The van der Waals surface area contributed by atoms with Crippen LogP contribution in [0.15, 0.2) is 17.0 Å². The second-order valence-electron chi connectivity index (χ2n) is 4.44. The van der Waals surface area contributed by atoms with Gasteiger partial charge in [0.15, 0.2) is 0 Å². The van der Waals surface area contributed by atoms with Crippen LogP contribution in [0.3, 0.4) is 0 Å². The Bertz CT molecular complexity index is 515. The second-order valence-corrected chi connectivity index (χ2v) is 6.58. The molecule has 1 aliphatic rings. The zero-order valence-corrected chi connectivity index (χ0v) is 11.1. The lowest BCUT2D eigenvalue weighted by atomic mass is 10.2. The number of rotatable bonds is 4. The lowest BCUT2D eigenvalue weighted by molar-refractivity contribution is 0.577. The third-order valence-electron chi connectivity index (χ3n) is 2.83. The maximum Gasteiger partial charge on any atom is 0.240 e. The van der Waals surface area contributed by atoms with Crippen molar-refractivity contribution in [3.05, 3.63) is 22.7 Å². The number of nitrogens with one attached hydrogen (secondary N) is 1. The Kier molecular flexibility index (Phi) is 3.34. The summed E-state index contributed by atoms with van der Waals surface area (Å²) < 4.78 is 26.5. The SMILES string of the molecule is Cc1cc(S(=O)(=O)NCC2CC2)cc(N)c1Cl. The average Bonchev–Trinajstić information content (AvgIpc) is 3.06. The van der Waals surface area contributed by atoms with Crippen molar-refractivity contribution in [3.63, 3.8) is 0 Å². The minimum Gasteiger partial charge on any atom is -0.397 e. The van der Waals surface area contributed by atoms with Crippen LogP contribution >= 0.6 is 11.6 Å². The maximum absolute atomic E-state index is 12.0. The topological polar surface area (TPSA) is 72.2 Å². The number of hydrogen-bond acceptors (Lipinski definition) is 3. The summed E-state index contributed by atoms with van der Waals surface area (Å²) in [6.45, 7) is 2.24. The van der Waals surface area contributed by atoms with Gasteiger partial charge in [0, 0.05) is 6.54 Å². The Hall–Kier alpha value is -0.780. The highest BCUT2D eigenvalue weighted by Gasteiger charge is 2.24. The smallest absolute Gasteiger partial charge is 0.240 e. The minimum absolute atomic E-state index is 0.178. The summed E-state index contributed by atoms with van der Waals surface area (Å²) in [6, 6.07) is 2.93. The van der Waals surface area contributed by atoms with E-state index in [9.17, 15) is 8.42 Å². The number of hydrogen-bond donors (Lipinski definition) is 2. The molecule has 0 bridgehead atoms. The van der Waals surface area contributed by atoms with Crippen LogP contribution in [0.5, 0.6) is 0 Å². The van der Waals surface area contributed by atoms with Crippen molar-refractivity contribution in [2.45, 2.75) is 24.7 Å². The van der Waals surface area contributed by atoms with Crippen LogP contribution in [-0.4, -0.2) is 15.0 Å². The van der Waals surface area contributed by atoms with E-state index in [0.29, 0.717) is 28.7 Å². The van der Waals surface area contributed by atoms with Gasteiger partial charge in [0.05, 0.1) is 15.6 Å². The van der Waals surface area contributed by atoms with Gasteiger partial charge in [0.25, 0.3) is 0 Å². The molecule has 6 heteroatoms. The van der Waals surface area contributed by atoms with Crippen molar-refractivity contribution in [2.24, 2.45) is 5.92 Å². The van der Waals surface area contributed by atoms with E-state index in [2.05, 4.69) is 4.72 Å². The standard InChI is InChI=1S/C11H15ClN2O2S/c1-7-4-9(5-10(13)11(7)12)17(15,16)14-6-8-2-3-8/h4-5,8,14H,2-3,6,13H2,1H3. The zero-order valence-electron chi connectivity index (χ0n) is 9.53. The van der Waals surface area contributed by atoms with Gasteiger partial charge in [-0.15, -0.1) is 0 Å². The van der Waals surface area contributed by atoms with Gasteiger partial charge in [-0.25, -0.2) is 13.1 Å². The molecule has 4 nitrogen and oxygen atoms in total. The molecule has 3 N–H and O–H groups in total. The van der Waals surface area contributed by atoms with Crippen LogP contribution in [0.2, 0.25) is 5.02 Å². The van der Waals surface area contributed by atoms with Crippen LogP contribution in [0, 0.1) is 12.8 Å². The molecule has 0 saturated heterocycles. The lowest BCUT2D eigenvalue weighted by Gasteiger charge is -2.09. The summed E-state index contributed by atoms with van der Waals surface area (Å²) in [4.78, 5) is 0.178. The number of nitrogen functional groups attached to an aromatic ring is 1. The summed E-state index contributed by atoms with van der Waals surface area (Å²) in [5.41, 5.74) is 6.62. The fourth-order valence-electron chi connectivity index (χ4n) is 1.55. The second kappa shape index (κ2) is 4.48. The number of anilines is 1. The quantitative estimate of drug-likeness (QED) is 0.824. The van der Waals surface area contributed by atoms with Crippen molar-refractivity contribution >= 4 is 27.3 Å². The van der Waals surface area contributed by atoms with Crippen LogP contribution in [0.25, 0.3) is 0 Å². The lowest BCUT2D eigenvalue weighted by Crippen LogP contribution is -2.26. The first-order valence-electron chi connectivity index (χ1n) is 5.45. The molecule has 1 saturated carbocycles. The number of nitrogens with two attached hydrogens (primary N) is 1. The summed E-state index contributed by atoms with van der Waals surface area (Å²) >= 11 is 5.90. The third kappa shape index (κ3) is 2.91. The van der Waals surface area contributed by atoms with Crippen molar-refractivity contribution in [1.29, 1.82) is 0 Å². The molecule has 2 rings (SSSR count). The normalized spacial score (nSPS) is 16.1. The fraction of sp³-hybridized carbons (Fsp3) is 0.455. The van der Waals surface area contributed by atoms with Gasteiger partial charge in [0.2, 0.25) is 10.0 Å². The van der Waals surface area contributed by atoms with Crippen molar-refractivity contribution < 1.29 is 8.42 Å². The van der Waals surface area contributed by atoms with E-state index in [4.69, 9.17) is 17.3 Å². The van der Waals surface area contributed by atoms with Crippen molar-refractivity contribution in [3.8, 4) is 0 Å². The van der Waals surface area contributed by atoms with Crippen LogP contribution in [0.4, 0.5) is 5.69 Å². The van der Waals surface area contributed by atoms with E-state index in [1.165, 1.54) is 12.1 Å². The highest BCUT2D eigenvalue weighted by molar-refractivity contribution is 7.89. The van der Waals surface area contributed by atoms with Crippen molar-refractivity contribution in [2.75, 3.05) is 12.3 Å². The number of halogens is 1. The van der Waals surface area contributed by atoms with Crippen LogP contribution < -0.4 is 10.5 Å². The predicted octanol–water partition coefficient (Wildman–Crippen LogP) is 1.92. The Morgan fingerprint density at radius 1 is 1.47 bits per heavy atom. The molecule has 1 fully saturated rings. The molecule has 1 aromatic rings. The molecule has 1 aliphatic carbocycles. The van der Waals surface area contributed by atoms with E-state index in [-0.39, 0.29) is 4.90 Å². The summed E-state index contributed by atoms with van der Waals surface area (Å²) in [5.74, 6) is 0.496. The molecule has 0 aromatic heterocycles. The van der Waals surface area contributed by atoms with E-state index < -0.39 is 10.0 Å². The summed E-state index contributed by atoms with van der Waals surface area (Å²) in [7, 11) is -3.47. The van der Waals surface area contributed by atoms with E-state index in [1.54, 1.807) is 6.92 Å². The van der Waals surface area contributed by atoms with Gasteiger partial charge in [-0.05, 0) is 43.4 Å². The first kappa shape index (κ1) is 12.7. The molecule has 0 unspecified atom stereocenters. The molecule has 0 spiro atoms. The molecule has 0 radical (unpaired) electrons. The Morgan fingerprint density at radius 3 is 2.65 bits per heavy atom. The van der Waals surface area contributed by atoms with Gasteiger partial charge in [-0.3, -0.25) is 0 Å². The largest absolute Gasteiger partial charge is 0.397 e. The van der Waals surface area contributed by atoms with Gasteiger partial charge in [-0.1, -0.05) is 11.6 Å². The molecule has 94 valence electrons. The fourth-order valence-corrected chi connectivity index (χ4v) is 2.90. The molecular weight excluding hydrogens is 260 g/mol. The van der Waals surface area contributed by atoms with Crippen molar-refractivity contribution in [1.82, 2.24) is 4.72 Å². The Balaban J connectivity index is 2.25. The molecule has 0 aliphatic heterocycles. The van der Waals surface area contributed by atoms with Crippen LogP contribution in [0.1, 0.15) is 18.4 Å². The molecular formula is C11H15ClN2O2S. The first-order valence-corrected chi connectivity index (χ1v) is 7.31. The highest BCUT2D eigenvalue weighted by atomic mass is 35.5. The third-order valence-corrected chi connectivity index (χ3v) is 4.74. The minimum atomic E-state index is -3.47. The summed E-state index contributed by atoms with van der Waals surface area (Å²) in [5, 5.41) is 0.408. The molecule has 1 aromatic carbocycles. The number of sulfonamides is 1. The van der Waals surface area contributed by atoms with Gasteiger partial charge in [-0.2, -0.15) is 0 Å². The Morgan fingerprint density at radius 2 is 2.12 bits per heavy atom. The van der Waals surface area contributed by atoms with E-state index in [1.807, 2.05) is 0 Å². The number of benzene rings is 1. The zero-order chi connectivity index (χ0) is 12.6. The van der Waals surface area contributed by atoms with E-state index in [0.717, 1.165) is 12.8 Å². The molecule has 0 heterocycles. The highest BCUT2D eigenvalue weighted by Crippen LogP contribution is 2.29. The molecule has 17 heavy (non-hydrogen) atoms. The maximum atomic E-state index is 12.0. The van der Waals surface area contributed by atoms with Gasteiger partial charge in [0.1, 0.15) is 0 Å². The monoisotopic (exact) mass is 274 g/mol. The first-order chi connectivity index (χ1) is 7.90. The Labute approximate surface area is 106 Å². The average molecular weight is 275 g/mol. The van der Waals surface area contributed by atoms with Crippen LogP contribution in [-0.2, 0) is 10.0 Å². The predicted molar refractivity (Wildman–Crippen MR) is 68.5 cm³/mol. The number of aryl methyl sites for hydroxylation is 1. The van der Waals surface area contributed by atoms with Gasteiger partial charge >= 0.3 is 0 Å². The molecule has 0 atom stereocenters. The van der Waals surface area contributed by atoms with Gasteiger partial charge < -0.3 is 5.73 Å². The van der Waals surface area contributed by atoms with E-state index >= 15 is 0 Å². The summed E-state index contributed by atoms with van der Waals surface area (Å²) in [6.07, 6.45) is 2.20. The molecule has 0 amide bonds.